The number of aliphatic hydroxyl groups is 1. The fourth-order valence-corrected chi connectivity index (χ4v) is 2.64. The Labute approximate surface area is 166 Å². The number of aromatic amines is 1. The highest BCUT2D eigenvalue weighted by Crippen LogP contribution is 2.28. The van der Waals surface area contributed by atoms with E-state index in [1.54, 1.807) is 0 Å². The summed E-state index contributed by atoms with van der Waals surface area (Å²) in [5, 5.41) is 8.70. The molecule has 2 heterocycles. The average molecular weight is 430 g/mol. The van der Waals surface area contributed by atoms with Gasteiger partial charge >= 0.3 is 18.1 Å². The van der Waals surface area contributed by atoms with E-state index in [9.17, 15) is 22.8 Å². The van der Waals surface area contributed by atoms with Crippen molar-refractivity contribution in [2.75, 3.05) is 19.8 Å². The smallest absolute Gasteiger partial charge is 0.425 e. The maximum Gasteiger partial charge on any atom is 0.573 e. The summed E-state index contributed by atoms with van der Waals surface area (Å²) in [7, 11) is 1.40. The lowest BCUT2D eigenvalue weighted by Crippen LogP contribution is -2.40. The molecule has 3 rings (SSSR count). The molecule has 0 spiro atoms. The van der Waals surface area contributed by atoms with Gasteiger partial charge in [0.2, 0.25) is 0 Å². The van der Waals surface area contributed by atoms with Crippen molar-refractivity contribution >= 4 is 11.2 Å². The van der Waals surface area contributed by atoms with Gasteiger partial charge in [0.25, 0.3) is 5.56 Å². The van der Waals surface area contributed by atoms with Crippen LogP contribution in [-0.2, 0) is 18.3 Å². The van der Waals surface area contributed by atoms with E-state index in [1.165, 1.54) is 19.2 Å². The zero-order chi connectivity index (χ0) is 21.9. The number of ether oxygens (including phenoxy) is 3. The van der Waals surface area contributed by atoms with Gasteiger partial charge in [-0.15, -0.1) is 13.2 Å². The number of fused-ring (bicyclic) bond motifs is 1. The van der Waals surface area contributed by atoms with Crippen LogP contribution in [0.15, 0.2) is 33.9 Å². The third-order valence-electron chi connectivity index (χ3n) is 3.91. The molecule has 0 unspecified atom stereocenters. The van der Waals surface area contributed by atoms with Crippen LogP contribution in [0.3, 0.4) is 0 Å². The van der Waals surface area contributed by atoms with Gasteiger partial charge in [0, 0.05) is 13.1 Å². The highest BCUT2D eigenvalue weighted by Gasteiger charge is 2.31. The number of aryl methyl sites for hydroxylation is 1. The second-order valence-electron chi connectivity index (χ2n) is 6.00. The first-order valence-electron chi connectivity index (χ1n) is 8.61. The summed E-state index contributed by atoms with van der Waals surface area (Å²) in [5.74, 6) is -0.521. The van der Waals surface area contributed by atoms with Crippen LogP contribution in [0.2, 0.25) is 0 Å². The number of hydrogen-bond acceptors (Lipinski definition) is 7. The van der Waals surface area contributed by atoms with E-state index < -0.39 is 23.4 Å². The SMILES string of the molecule is Cn1c(=O)n(CCOCCO)c(=O)c2[nH]c(Oc3cccc(OC(F)(F)F)c3)nc21. The van der Waals surface area contributed by atoms with E-state index in [0.29, 0.717) is 0 Å². The van der Waals surface area contributed by atoms with Crippen LogP contribution in [-0.4, -0.2) is 50.4 Å². The van der Waals surface area contributed by atoms with Crippen LogP contribution in [0.4, 0.5) is 13.2 Å². The maximum atomic E-state index is 12.6. The van der Waals surface area contributed by atoms with E-state index in [-0.39, 0.29) is 49.3 Å². The Kier molecular flexibility index (Phi) is 6.12. The number of nitrogens with zero attached hydrogens (tertiary/aromatic N) is 3. The number of H-pyrrole nitrogens is 1. The van der Waals surface area contributed by atoms with Crippen LogP contribution in [0.25, 0.3) is 11.2 Å². The first-order chi connectivity index (χ1) is 14.2. The molecule has 0 saturated carbocycles. The second kappa shape index (κ2) is 8.59. The summed E-state index contributed by atoms with van der Waals surface area (Å²) in [5.41, 5.74) is -1.33. The summed E-state index contributed by atoms with van der Waals surface area (Å²) >= 11 is 0. The molecule has 30 heavy (non-hydrogen) atoms. The molecule has 0 aliphatic carbocycles. The predicted octanol–water partition coefficient (Wildman–Crippen LogP) is 1.12. The number of benzene rings is 1. The third kappa shape index (κ3) is 4.80. The number of alkyl halides is 3. The summed E-state index contributed by atoms with van der Waals surface area (Å²) in [6, 6.07) is 4.55. The Morgan fingerprint density at radius 1 is 1.20 bits per heavy atom. The molecule has 10 nitrogen and oxygen atoms in total. The number of halogens is 3. The lowest BCUT2D eigenvalue weighted by Gasteiger charge is -2.09. The molecule has 1 aromatic carbocycles. The third-order valence-corrected chi connectivity index (χ3v) is 3.91. The Balaban J connectivity index is 1.89. The number of rotatable bonds is 8. The molecule has 0 amide bonds. The lowest BCUT2D eigenvalue weighted by molar-refractivity contribution is -0.274. The van der Waals surface area contributed by atoms with E-state index >= 15 is 0 Å². The summed E-state index contributed by atoms with van der Waals surface area (Å²) in [6.07, 6.45) is -4.86. The molecule has 0 saturated heterocycles. The minimum absolute atomic E-state index is 0.00947. The molecule has 2 N–H and O–H groups in total. The fourth-order valence-electron chi connectivity index (χ4n) is 2.64. The molecule has 13 heteroatoms. The summed E-state index contributed by atoms with van der Waals surface area (Å²) in [6.45, 7) is -0.142. The minimum atomic E-state index is -4.86. The van der Waals surface area contributed by atoms with Crippen LogP contribution < -0.4 is 20.7 Å². The van der Waals surface area contributed by atoms with Crippen LogP contribution in [0.1, 0.15) is 0 Å². The zero-order valence-corrected chi connectivity index (χ0v) is 15.6. The Morgan fingerprint density at radius 3 is 2.63 bits per heavy atom. The van der Waals surface area contributed by atoms with Crippen molar-refractivity contribution in [2.24, 2.45) is 7.05 Å². The monoisotopic (exact) mass is 430 g/mol. The van der Waals surface area contributed by atoms with E-state index in [2.05, 4.69) is 14.7 Å². The van der Waals surface area contributed by atoms with Crippen molar-refractivity contribution < 1.29 is 32.5 Å². The highest BCUT2D eigenvalue weighted by molar-refractivity contribution is 5.70. The van der Waals surface area contributed by atoms with Crippen LogP contribution >= 0.6 is 0 Å². The first-order valence-corrected chi connectivity index (χ1v) is 8.61. The van der Waals surface area contributed by atoms with Gasteiger partial charge in [-0.2, -0.15) is 4.98 Å². The second-order valence-corrected chi connectivity index (χ2v) is 6.00. The molecular formula is C17H17F3N4O6. The van der Waals surface area contributed by atoms with Crippen molar-refractivity contribution in [3.63, 3.8) is 0 Å². The molecule has 0 radical (unpaired) electrons. The molecule has 0 fully saturated rings. The molecule has 0 atom stereocenters. The molecule has 162 valence electrons. The number of imidazole rings is 1. The van der Waals surface area contributed by atoms with Gasteiger partial charge in [0.15, 0.2) is 11.2 Å². The topological polar surface area (TPSA) is 121 Å². The lowest BCUT2D eigenvalue weighted by atomic mass is 10.3. The van der Waals surface area contributed by atoms with Crippen molar-refractivity contribution in [3.8, 4) is 17.5 Å². The van der Waals surface area contributed by atoms with Gasteiger partial charge < -0.3 is 24.3 Å². The van der Waals surface area contributed by atoms with Gasteiger partial charge in [-0.05, 0) is 12.1 Å². The molecular weight excluding hydrogens is 413 g/mol. The number of aliphatic hydroxyl groups excluding tert-OH is 1. The van der Waals surface area contributed by atoms with Gasteiger partial charge in [-0.1, -0.05) is 6.07 Å². The quantitative estimate of drug-likeness (QED) is 0.514. The molecule has 0 bridgehead atoms. The zero-order valence-electron chi connectivity index (χ0n) is 15.6. The predicted molar refractivity (Wildman–Crippen MR) is 96.7 cm³/mol. The van der Waals surface area contributed by atoms with Crippen molar-refractivity contribution in [1.82, 2.24) is 19.1 Å². The van der Waals surface area contributed by atoms with Crippen LogP contribution in [0.5, 0.6) is 17.5 Å². The number of aromatic nitrogens is 4. The van der Waals surface area contributed by atoms with Crippen molar-refractivity contribution in [2.45, 2.75) is 12.9 Å². The summed E-state index contributed by atoms with van der Waals surface area (Å²) < 4.78 is 53.4. The Bertz CT molecular complexity index is 1150. The largest absolute Gasteiger partial charge is 0.573 e. The summed E-state index contributed by atoms with van der Waals surface area (Å²) in [4.78, 5) is 31.7. The van der Waals surface area contributed by atoms with Crippen LogP contribution in [0, 0.1) is 0 Å². The van der Waals surface area contributed by atoms with Gasteiger partial charge in [-0.25, -0.2) is 4.79 Å². The normalized spacial score (nSPS) is 11.8. The molecule has 2 aromatic heterocycles. The number of hydrogen-bond donors (Lipinski definition) is 2. The first kappa shape index (κ1) is 21.4. The van der Waals surface area contributed by atoms with Gasteiger partial charge in [-0.3, -0.25) is 13.9 Å². The van der Waals surface area contributed by atoms with Gasteiger partial charge in [0.05, 0.1) is 26.4 Å². The van der Waals surface area contributed by atoms with E-state index in [0.717, 1.165) is 21.3 Å². The fraction of sp³-hybridized carbons (Fsp3) is 0.353. The number of nitrogens with one attached hydrogen (secondary N) is 1. The van der Waals surface area contributed by atoms with E-state index in [1.807, 2.05) is 0 Å². The standard InChI is InChI=1S/C17H17F3N4O6/c1-23-13-12(14(26)24(16(23)27)5-7-28-8-6-25)21-15(22-13)29-10-3-2-4-11(9-10)30-17(18,19)20/h2-4,9,25H,5-8H2,1H3,(H,21,22). The Morgan fingerprint density at radius 2 is 1.93 bits per heavy atom. The van der Waals surface area contributed by atoms with Gasteiger partial charge in [0.1, 0.15) is 11.5 Å². The average Bonchev–Trinajstić information content (AvgIpc) is 3.09. The molecule has 0 aliphatic rings. The van der Waals surface area contributed by atoms with Crippen molar-refractivity contribution in [3.05, 3.63) is 45.1 Å². The minimum Gasteiger partial charge on any atom is -0.425 e. The molecule has 3 aromatic rings. The van der Waals surface area contributed by atoms with E-state index in [4.69, 9.17) is 14.6 Å². The highest BCUT2D eigenvalue weighted by atomic mass is 19.4. The Hall–Kier alpha value is -3.32. The van der Waals surface area contributed by atoms with Crippen molar-refractivity contribution in [1.29, 1.82) is 0 Å². The molecule has 0 aliphatic heterocycles. The maximum absolute atomic E-state index is 12.6.